The van der Waals surface area contributed by atoms with Crippen LogP contribution in [0.25, 0.3) is 79.8 Å². The van der Waals surface area contributed by atoms with Crippen molar-refractivity contribution in [2.45, 2.75) is 182 Å². The second-order valence-electron chi connectivity index (χ2n) is 27.6. The minimum Gasteiger partial charge on any atom is -0.497 e. The summed E-state index contributed by atoms with van der Waals surface area (Å²) in [6, 6.07) is 52.5. The van der Waals surface area contributed by atoms with Gasteiger partial charge in [0, 0.05) is 55.9 Å². The minimum atomic E-state index is -1.00. The number of aromatic carboxylic acids is 1. The summed E-state index contributed by atoms with van der Waals surface area (Å²) < 4.78 is 39.3. The molecule has 9 aromatic rings. The van der Waals surface area contributed by atoms with Crippen molar-refractivity contribution in [3.8, 4) is 79.7 Å². The SMILES string of the molecule is CCCCCCCCOc1cccc(OCCCCCCCC)c1-c1c2nc(c(-c3ccc(N(c4ccc(OC)cc4)c4ccc(OC)cc4)cc3)c3ccc([nH]3)c(-c3c(OCCCCCCCC)cccc3OCCCCCCCC)c3nc(c(C#Cc4ccc(C(=O)O)cc4)c4ccc1[nH]4)C=C3)C=C2. The van der Waals surface area contributed by atoms with Crippen LogP contribution in [0, 0.1) is 11.8 Å². The highest BCUT2D eigenvalue weighted by molar-refractivity contribution is 6.01. The summed E-state index contributed by atoms with van der Waals surface area (Å²) >= 11 is 0. The maximum atomic E-state index is 12.1. The molecule has 0 spiro atoms. The van der Waals surface area contributed by atoms with Crippen molar-refractivity contribution in [3.63, 3.8) is 0 Å². The largest absolute Gasteiger partial charge is 0.497 e. The van der Waals surface area contributed by atoms with E-state index in [-0.39, 0.29) is 5.56 Å². The van der Waals surface area contributed by atoms with Crippen LogP contribution >= 0.6 is 0 Å². The second-order valence-corrected chi connectivity index (χ2v) is 27.6. The number of H-pyrrole nitrogens is 2. The number of unbranched alkanes of at least 4 members (excludes halogenated alkanes) is 20. The van der Waals surface area contributed by atoms with Crippen LogP contribution < -0.4 is 33.3 Å². The molecule has 0 saturated carbocycles. The lowest BCUT2D eigenvalue weighted by molar-refractivity contribution is 0.0696. The van der Waals surface area contributed by atoms with Gasteiger partial charge in [-0.15, -0.1) is 0 Å². The third kappa shape index (κ3) is 20.3. The van der Waals surface area contributed by atoms with Gasteiger partial charge < -0.3 is 48.4 Å². The van der Waals surface area contributed by atoms with E-state index in [1.165, 1.54) is 77.0 Å². The molecular weight excluding hydrogens is 1320 g/mol. The topological polar surface area (TPSA) is 153 Å². The van der Waals surface area contributed by atoms with Crippen LogP contribution in [-0.4, -0.2) is 71.7 Å². The molecule has 0 aliphatic carbocycles. The number of aromatic amines is 2. The van der Waals surface area contributed by atoms with Gasteiger partial charge in [0.2, 0.25) is 0 Å². The Morgan fingerprint density at radius 3 is 1.10 bits per heavy atom. The zero-order valence-electron chi connectivity index (χ0n) is 63.3. The highest BCUT2D eigenvalue weighted by Gasteiger charge is 2.26. The Bertz CT molecular complexity index is 4410. The van der Waals surface area contributed by atoms with Crippen molar-refractivity contribution in [3.05, 3.63) is 197 Å². The van der Waals surface area contributed by atoms with E-state index in [2.05, 4.69) is 170 Å². The van der Waals surface area contributed by atoms with Crippen molar-refractivity contribution < 1.29 is 38.3 Å². The smallest absolute Gasteiger partial charge is 0.335 e. The monoisotopic (exact) mass is 1420 g/mol. The first-order valence-electron chi connectivity index (χ1n) is 39.2. The number of anilines is 3. The maximum absolute atomic E-state index is 12.1. The lowest BCUT2D eigenvalue weighted by Gasteiger charge is -2.26. The van der Waals surface area contributed by atoms with E-state index in [1.807, 2.05) is 42.5 Å². The van der Waals surface area contributed by atoms with Crippen molar-refractivity contribution in [2.75, 3.05) is 45.5 Å². The van der Waals surface area contributed by atoms with Gasteiger partial charge in [0.15, 0.2) is 0 Å². The fourth-order valence-corrected chi connectivity index (χ4v) is 13.9. The average molecular weight is 1420 g/mol. The van der Waals surface area contributed by atoms with Crippen LogP contribution in [0.4, 0.5) is 17.1 Å². The normalized spacial score (nSPS) is 11.5. The van der Waals surface area contributed by atoms with Gasteiger partial charge in [0.05, 0.1) is 91.2 Å². The molecule has 0 atom stereocenters. The van der Waals surface area contributed by atoms with Crippen LogP contribution in [0.3, 0.4) is 0 Å². The summed E-state index contributed by atoms with van der Waals surface area (Å²) in [5, 5.41) is 9.91. The van der Waals surface area contributed by atoms with Gasteiger partial charge in [0.25, 0.3) is 0 Å². The second kappa shape index (κ2) is 40.2. The van der Waals surface area contributed by atoms with Crippen molar-refractivity contribution >= 4 is 69.4 Å². The quantitative estimate of drug-likeness (QED) is 0.0248. The van der Waals surface area contributed by atoms with Crippen molar-refractivity contribution in [2.24, 2.45) is 0 Å². The number of nitrogens with one attached hydrogen (secondary N) is 2. The number of methoxy groups -OCH3 is 2. The standard InChI is InChI=1S/C93H107N5O8/c1-7-11-15-19-23-27-63-103-84-33-31-34-85(104-64-28-24-20-16-12-8-2)91(84)89-80-57-55-76(94-80)75(54-39-67-37-40-69(41-38-67)93(99)100)77-56-58-81(95-77)90(92-86(105-65-29-25-21-17-13-9-3)35-32-36-87(92)106-66-30-26-22-18-14-10-4)83-62-60-79(97-83)88(78-59-61-82(89)96-78)68-42-44-70(45-43-68)98(71-46-50-73(101-5)51-47-71)72-48-52-74(102-6)53-49-72/h31-38,40-53,55-62,94,97H,7-30,63-66H2,1-6H3,(H,99,100). The molecule has 0 fully saturated rings. The molecule has 0 unspecified atom stereocenters. The van der Waals surface area contributed by atoms with Crippen LogP contribution in [0.15, 0.2) is 158 Å². The van der Waals surface area contributed by atoms with Gasteiger partial charge in [0.1, 0.15) is 34.5 Å². The van der Waals surface area contributed by atoms with E-state index in [0.717, 1.165) is 161 Å². The molecule has 0 amide bonds. The van der Waals surface area contributed by atoms with Crippen LogP contribution in [0.1, 0.15) is 226 Å². The highest BCUT2D eigenvalue weighted by Crippen LogP contribution is 2.47. The van der Waals surface area contributed by atoms with Crippen molar-refractivity contribution in [1.29, 1.82) is 0 Å². The van der Waals surface area contributed by atoms with Gasteiger partial charge >= 0.3 is 5.97 Å². The van der Waals surface area contributed by atoms with Gasteiger partial charge in [-0.2, -0.15) is 0 Å². The first kappa shape index (κ1) is 76.7. The number of aromatic nitrogens is 4. The number of carboxylic acids is 1. The number of rotatable bonds is 41. The molecule has 106 heavy (non-hydrogen) atoms. The van der Waals surface area contributed by atoms with Crippen LogP contribution in [-0.2, 0) is 0 Å². The molecule has 11 rings (SSSR count). The van der Waals surface area contributed by atoms with Crippen LogP contribution in [0.5, 0.6) is 34.5 Å². The first-order valence-corrected chi connectivity index (χ1v) is 39.2. The predicted molar refractivity (Wildman–Crippen MR) is 438 cm³/mol. The van der Waals surface area contributed by atoms with E-state index >= 15 is 0 Å². The Labute approximate surface area is 628 Å². The summed E-state index contributed by atoms with van der Waals surface area (Å²) in [5.41, 5.74) is 15.2. The fourth-order valence-electron chi connectivity index (χ4n) is 13.9. The average Bonchev–Trinajstić information content (AvgIpc) is 1.57. The molecule has 13 heteroatoms. The summed E-state index contributed by atoms with van der Waals surface area (Å²) in [4.78, 5) is 33.8. The maximum Gasteiger partial charge on any atom is 0.335 e. The molecule has 5 heterocycles. The number of hydrogen-bond donors (Lipinski definition) is 3. The number of carbonyl (C=O) groups is 1. The molecule has 8 bridgehead atoms. The molecule has 3 N–H and O–H groups in total. The third-order valence-electron chi connectivity index (χ3n) is 19.8. The Hall–Kier alpha value is -10.5. The Kier molecular flexibility index (Phi) is 29.0. The zero-order valence-corrected chi connectivity index (χ0v) is 63.3. The molecule has 552 valence electrons. The van der Waals surface area contributed by atoms with Gasteiger partial charge in [-0.1, -0.05) is 192 Å². The van der Waals surface area contributed by atoms with Gasteiger partial charge in [-0.25, -0.2) is 14.8 Å². The summed E-state index contributed by atoms with van der Waals surface area (Å²) in [6.07, 6.45) is 35.4. The molecule has 3 aromatic heterocycles. The summed E-state index contributed by atoms with van der Waals surface area (Å²) in [5.74, 6) is 10.3. The number of ether oxygens (including phenoxy) is 6. The lowest BCUT2D eigenvalue weighted by atomic mass is 10.0. The van der Waals surface area contributed by atoms with Crippen molar-refractivity contribution in [1.82, 2.24) is 19.9 Å². The van der Waals surface area contributed by atoms with E-state index in [9.17, 15) is 9.90 Å². The molecule has 2 aliphatic heterocycles. The molecule has 0 saturated heterocycles. The first-order chi connectivity index (χ1) is 52.2. The summed E-state index contributed by atoms with van der Waals surface area (Å²) in [6.45, 7) is 11.1. The zero-order chi connectivity index (χ0) is 73.7. The van der Waals surface area contributed by atoms with Gasteiger partial charge in [-0.05, 0) is 189 Å². The molecule has 6 aromatic carbocycles. The summed E-state index contributed by atoms with van der Waals surface area (Å²) in [7, 11) is 3.37. The van der Waals surface area contributed by atoms with Gasteiger partial charge in [-0.3, -0.25) is 0 Å². The number of carboxylic acid groups (broad SMARTS) is 1. The van der Waals surface area contributed by atoms with E-state index < -0.39 is 5.97 Å². The number of nitrogens with zero attached hydrogens (tertiary/aromatic N) is 3. The Balaban J connectivity index is 1.19. The molecule has 2 aliphatic rings. The number of hydrogen-bond acceptors (Lipinski definition) is 10. The van der Waals surface area contributed by atoms with E-state index in [4.69, 9.17) is 38.4 Å². The fraction of sp³-hybridized carbons (Fsp3) is 0.366. The minimum absolute atomic E-state index is 0.181. The Morgan fingerprint density at radius 1 is 0.368 bits per heavy atom. The third-order valence-corrected chi connectivity index (χ3v) is 19.8. The highest BCUT2D eigenvalue weighted by atomic mass is 16.5. The predicted octanol–water partition coefficient (Wildman–Crippen LogP) is 25.2. The number of benzene rings is 6. The van der Waals surface area contributed by atoms with E-state index in [0.29, 0.717) is 83.2 Å². The number of fused-ring (bicyclic) bond motifs is 8. The van der Waals surface area contributed by atoms with E-state index in [1.54, 1.807) is 38.5 Å². The van der Waals surface area contributed by atoms with Crippen LogP contribution in [0.2, 0.25) is 0 Å². The molecule has 0 radical (unpaired) electrons. The Morgan fingerprint density at radius 2 is 0.708 bits per heavy atom. The lowest BCUT2D eigenvalue weighted by Crippen LogP contribution is -2.09. The molecule has 13 nitrogen and oxygen atoms in total. The molecular formula is C93H107N5O8.